The van der Waals surface area contributed by atoms with Gasteiger partial charge in [-0.2, -0.15) is 0 Å². The molecular formula is C24H28N2O5. The molecule has 2 aromatic carbocycles. The summed E-state index contributed by atoms with van der Waals surface area (Å²) in [5.74, 6) is -0.444. The smallest absolute Gasteiger partial charge is 0.408 e. The van der Waals surface area contributed by atoms with Gasteiger partial charge in [-0.25, -0.2) is 9.59 Å². The molecule has 2 fully saturated rings. The minimum atomic E-state index is -1.13. The number of methoxy groups -OCH3 is 1. The van der Waals surface area contributed by atoms with Gasteiger partial charge in [-0.1, -0.05) is 60.7 Å². The number of benzene rings is 2. The van der Waals surface area contributed by atoms with E-state index in [-0.39, 0.29) is 18.7 Å². The van der Waals surface area contributed by atoms with E-state index in [9.17, 15) is 9.59 Å². The van der Waals surface area contributed by atoms with E-state index < -0.39 is 17.6 Å². The molecule has 2 aliphatic heterocycles. The van der Waals surface area contributed by atoms with E-state index in [2.05, 4.69) is 22.3 Å². The highest BCUT2D eigenvalue weighted by molar-refractivity contribution is 5.86. The van der Waals surface area contributed by atoms with Gasteiger partial charge in [-0.3, -0.25) is 4.90 Å². The summed E-state index contributed by atoms with van der Waals surface area (Å²) in [5.41, 5.74) is 0.961. The number of carbonyl (C=O) groups excluding carboxylic acids is 2. The van der Waals surface area contributed by atoms with Crippen LogP contribution >= 0.6 is 0 Å². The van der Waals surface area contributed by atoms with Crippen molar-refractivity contribution in [1.82, 2.24) is 10.2 Å². The molecule has 7 heteroatoms. The Bertz CT molecular complexity index is 875. The van der Waals surface area contributed by atoms with Crippen molar-refractivity contribution >= 4 is 12.1 Å². The van der Waals surface area contributed by atoms with E-state index in [0.717, 1.165) is 12.1 Å². The molecule has 7 nitrogen and oxygen atoms in total. The number of carbonyl (C=O) groups is 2. The molecule has 164 valence electrons. The first kappa shape index (κ1) is 21.3. The number of rotatable bonds is 6. The van der Waals surface area contributed by atoms with Gasteiger partial charge in [0, 0.05) is 18.6 Å². The van der Waals surface area contributed by atoms with Gasteiger partial charge in [0.05, 0.1) is 20.3 Å². The van der Waals surface area contributed by atoms with E-state index in [1.165, 1.54) is 12.7 Å². The highest BCUT2D eigenvalue weighted by Gasteiger charge is 2.53. The number of nitrogens with zero attached hydrogens (tertiary/aromatic N) is 1. The lowest BCUT2D eigenvalue weighted by Crippen LogP contribution is -2.68. The molecule has 2 heterocycles. The second kappa shape index (κ2) is 9.49. The molecule has 31 heavy (non-hydrogen) atoms. The molecule has 2 bridgehead atoms. The number of fused-ring (bicyclic) bond motifs is 2. The molecule has 0 radical (unpaired) electrons. The van der Waals surface area contributed by atoms with Crippen LogP contribution in [0.3, 0.4) is 0 Å². The highest BCUT2D eigenvalue weighted by atomic mass is 16.6. The Hall–Kier alpha value is -2.90. The molecule has 2 atom stereocenters. The Morgan fingerprint density at radius 3 is 2.16 bits per heavy atom. The number of morpholine rings is 1. The first-order valence-corrected chi connectivity index (χ1v) is 10.5. The minimum absolute atomic E-state index is 0.0128. The third kappa shape index (κ3) is 4.89. The molecule has 2 aromatic rings. The fourth-order valence-electron chi connectivity index (χ4n) is 4.59. The summed E-state index contributed by atoms with van der Waals surface area (Å²) >= 11 is 0. The summed E-state index contributed by atoms with van der Waals surface area (Å²) in [6.07, 6.45) is 0.192. The van der Waals surface area contributed by atoms with Crippen LogP contribution in [0.5, 0.6) is 0 Å². The van der Waals surface area contributed by atoms with Gasteiger partial charge < -0.3 is 19.5 Å². The second-order valence-electron chi connectivity index (χ2n) is 8.17. The molecule has 2 aliphatic rings. The zero-order valence-electron chi connectivity index (χ0n) is 17.7. The van der Waals surface area contributed by atoms with Crippen molar-refractivity contribution in [2.45, 2.75) is 43.6 Å². The van der Waals surface area contributed by atoms with Crippen LogP contribution in [0.4, 0.5) is 4.79 Å². The number of piperidine rings is 1. The first-order chi connectivity index (χ1) is 15.1. The van der Waals surface area contributed by atoms with Crippen molar-refractivity contribution in [3.05, 3.63) is 71.8 Å². The average Bonchev–Trinajstić information content (AvgIpc) is 2.79. The Balaban J connectivity index is 1.47. The van der Waals surface area contributed by atoms with E-state index in [1.54, 1.807) is 0 Å². The van der Waals surface area contributed by atoms with Gasteiger partial charge in [0.1, 0.15) is 12.1 Å². The van der Waals surface area contributed by atoms with Crippen LogP contribution in [0.25, 0.3) is 0 Å². The molecule has 0 saturated carbocycles. The maximum Gasteiger partial charge on any atom is 0.408 e. The second-order valence-corrected chi connectivity index (χ2v) is 8.17. The summed E-state index contributed by atoms with van der Waals surface area (Å²) in [7, 11) is 1.35. The molecule has 1 amide bonds. The maximum absolute atomic E-state index is 12.8. The fraction of sp³-hybridized carbons (Fsp3) is 0.417. The van der Waals surface area contributed by atoms with Crippen LogP contribution < -0.4 is 5.32 Å². The zero-order chi connectivity index (χ0) is 21.7. The summed E-state index contributed by atoms with van der Waals surface area (Å²) < 4.78 is 16.3. The average molecular weight is 424 g/mol. The van der Waals surface area contributed by atoms with Crippen molar-refractivity contribution in [2.75, 3.05) is 20.3 Å². The van der Waals surface area contributed by atoms with Gasteiger partial charge in [0.2, 0.25) is 0 Å². The third-order valence-corrected chi connectivity index (χ3v) is 6.06. The van der Waals surface area contributed by atoms with E-state index in [0.29, 0.717) is 26.1 Å². The molecule has 2 unspecified atom stereocenters. The molecule has 4 rings (SSSR count). The predicted molar refractivity (Wildman–Crippen MR) is 114 cm³/mol. The molecule has 2 saturated heterocycles. The van der Waals surface area contributed by atoms with Gasteiger partial charge in [-0.05, 0) is 24.0 Å². The largest absolute Gasteiger partial charge is 0.467 e. The standard InChI is InChI=1S/C24H28N2O5/c1-29-22(27)24(25-23(28)31-15-19-10-6-3-7-11-19)12-20-16-30-17-21(13-24)26(20)14-18-8-4-2-5-9-18/h2-11,20-21H,12-17H2,1H3,(H,25,28). The fourth-order valence-corrected chi connectivity index (χ4v) is 4.59. The van der Waals surface area contributed by atoms with Gasteiger partial charge >= 0.3 is 12.1 Å². The lowest BCUT2D eigenvalue weighted by atomic mass is 9.78. The summed E-state index contributed by atoms with van der Waals surface area (Å²) in [4.78, 5) is 27.8. The van der Waals surface area contributed by atoms with Crippen molar-refractivity contribution in [1.29, 1.82) is 0 Å². The summed E-state index contributed by atoms with van der Waals surface area (Å²) in [6.45, 7) is 1.92. The van der Waals surface area contributed by atoms with Crippen LogP contribution in [0.2, 0.25) is 0 Å². The van der Waals surface area contributed by atoms with Crippen LogP contribution in [0.1, 0.15) is 24.0 Å². The lowest BCUT2D eigenvalue weighted by Gasteiger charge is -2.52. The predicted octanol–water partition coefficient (Wildman–Crippen LogP) is 2.89. The number of hydrogen-bond acceptors (Lipinski definition) is 6. The zero-order valence-corrected chi connectivity index (χ0v) is 17.7. The molecule has 0 spiro atoms. The lowest BCUT2D eigenvalue weighted by molar-refractivity contribution is -0.160. The topological polar surface area (TPSA) is 77.1 Å². The number of esters is 1. The Kier molecular flexibility index (Phi) is 6.53. The maximum atomic E-state index is 12.8. The summed E-state index contributed by atoms with van der Waals surface area (Å²) in [6, 6.07) is 19.6. The third-order valence-electron chi connectivity index (χ3n) is 6.06. The van der Waals surface area contributed by atoms with Gasteiger partial charge in [0.15, 0.2) is 0 Å². The van der Waals surface area contributed by atoms with Crippen molar-refractivity contribution < 1.29 is 23.8 Å². The van der Waals surface area contributed by atoms with Crippen molar-refractivity contribution in [3.63, 3.8) is 0 Å². The van der Waals surface area contributed by atoms with E-state index >= 15 is 0 Å². The SMILES string of the molecule is COC(=O)C1(NC(=O)OCc2ccccc2)CC2COCC(C1)N2Cc1ccccc1. The number of nitrogens with one attached hydrogen (secondary N) is 1. The van der Waals surface area contributed by atoms with Crippen LogP contribution in [0.15, 0.2) is 60.7 Å². The van der Waals surface area contributed by atoms with Gasteiger partial charge in [-0.15, -0.1) is 0 Å². The van der Waals surface area contributed by atoms with E-state index in [1.807, 2.05) is 48.5 Å². The molecule has 1 N–H and O–H groups in total. The van der Waals surface area contributed by atoms with Crippen LogP contribution in [-0.4, -0.2) is 54.9 Å². The Morgan fingerprint density at radius 2 is 1.58 bits per heavy atom. The minimum Gasteiger partial charge on any atom is -0.467 e. The number of hydrogen-bond donors (Lipinski definition) is 1. The quantitative estimate of drug-likeness (QED) is 0.719. The molecule has 0 aromatic heterocycles. The van der Waals surface area contributed by atoms with E-state index in [4.69, 9.17) is 14.2 Å². The van der Waals surface area contributed by atoms with Crippen molar-refractivity contribution in [3.8, 4) is 0 Å². The normalized spacial score (nSPS) is 25.5. The molecule has 0 aliphatic carbocycles. The van der Waals surface area contributed by atoms with Crippen molar-refractivity contribution in [2.24, 2.45) is 0 Å². The number of alkyl carbamates (subject to hydrolysis) is 1. The van der Waals surface area contributed by atoms with Crippen LogP contribution in [0, 0.1) is 0 Å². The Labute approximate surface area is 182 Å². The monoisotopic (exact) mass is 424 g/mol. The summed E-state index contributed by atoms with van der Waals surface area (Å²) in [5, 5.41) is 2.85. The number of amides is 1. The Morgan fingerprint density at radius 1 is 1.00 bits per heavy atom. The highest BCUT2D eigenvalue weighted by Crippen LogP contribution is 2.36. The first-order valence-electron chi connectivity index (χ1n) is 10.5. The molecular weight excluding hydrogens is 396 g/mol. The van der Waals surface area contributed by atoms with Gasteiger partial charge in [0.25, 0.3) is 0 Å². The van der Waals surface area contributed by atoms with Crippen LogP contribution in [-0.2, 0) is 32.2 Å². The number of ether oxygens (including phenoxy) is 3.